The number of halogens is 1. The van der Waals surface area contributed by atoms with Gasteiger partial charge in [0.15, 0.2) is 0 Å². The first-order valence-corrected chi connectivity index (χ1v) is 13.5. The smallest absolute Gasteiger partial charge is 0.332 e. The largest absolute Gasteiger partial charge is 0.467 e. The Labute approximate surface area is 219 Å². The summed E-state index contributed by atoms with van der Waals surface area (Å²) >= 11 is 0. The Hall–Kier alpha value is -2.77. The lowest BCUT2D eigenvalue weighted by molar-refractivity contribution is -0.153. The molecule has 0 bridgehead atoms. The predicted molar refractivity (Wildman–Crippen MR) is 142 cm³/mol. The van der Waals surface area contributed by atoms with Crippen LogP contribution in [0, 0.1) is 5.82 Å². The van der Waals surface area contributed by atoms with Gasteiger partial charge in [0.1, 0.15) is 17.5 Å². The molecule has 1 atom stereocenters. The molecule has 37 heavy (non-hydrogen) atoms. The molecule has 1 saturated carbocycles. The average molecular weight is 511 g/mol. The van der Waals surface area contributed by atoms with Crippen LogP contribution in [-0.4, -0.2) is 61.3 Å². The van der Waals surface area contributed by atoms with E-state index in [4.69, 9.17) is 9.47 Å². The second-order valence-electron chi connectivity index (χ2n) is 10.3. The van der Waals surface area contributed by atoms with E-state index >= 15 is 4.39 Å². The van der Waals surface area contributed by atoms with Crippen LogP contribution in [0.5, 0.6) is 0 Å². The molecule has 1 heterocycles. The minimum atomic E-state index is -1.30. The normalized spacial score (nSPS) is 19.2. The van der Waals surface area contributed by atoms with Gasteiger partial charge in [0, 0.05) is 19.6 Å². The number of anilines is 1. The molecular formula is C30H39FN2O4. The lowest BCUT2D eigenvalue weighted by Gasteiger charge is -2.47. The third-order valence-corrected chi connectivity index (χ3v) is 7.85. The number of ether oxygens (including phenoxy) is 2. The standard InChI is InChI=1S/C30H39FN2O4/c1-23(37-25-13-7-4-8-14-25)28(34)33(27-16-10-9-15-26(27)31)30(29(35)36-2)18-21-32(22-19-30)20-17-24-11-5-3-6-12-24/h3,5-6,9-12,15-16,23,25H,4,7-8,13-14,17-22H2,1-2H3. The number of likely N-dealkylation sites (tertiary alicyclic amines) is 1. The molecule has 6 nitrogen and oxygen atoms in total. The number of nitrogens with zero attached hydrogens (tertiary/aromatic N) is 2. The summed E-state index contributed by atoms with van der Waals surface area (Å²) in [6.07, 6.45) is 5.95. The SMILES string of the molecule is COC(=O)C1(N(C(=O)C(C)OC2CCCCC2)c2ccccc2F)CCN(CCc2ccccc2)CC1. The van der Waals surface area contributed by atoms with Gasteiger partial charge in [-0.05, 0) is 56.7 Å². The van der Waals surface area contributed by atoms with E-state index in [0.29, 0.717) is 25.9 Å². The lowest BCUT2D eigenvalue weighted by Crippen LogP contribution is -2.64. The van der Waals surface area contributed by atoms with Gasteiger partial charge in [-0.15, -0.1) is 0 Å². The lowest BCUT2D eigenvalue weighted by atomic mass is 9.84. The van der Waals surface area contributed by atoms with Crippen molar-refractivity contribution in [3.63, 3.8) is 0 Å². The van der Waals surface area contributed by atoms with Crippen molar-refractivity contribution in [1.29, 1.82) is 0 Å². The number of esters is 1. The Bertz CT molecular complexity index is 1030. The average Bonchev–Trinajstić information content (AvgIpc) is 2.94. The van der Waals surface area contributed by atoms with Gasteiger partial charge in [-0.3, -0.25) is 9.69 Å². The summed E-state index contributed by atoms with van der Waals surface area (Å²) in [5.41, 5.74) is 0.0421. The summed E-state index contributed by atoms with van der Waals surface area (Å²) in [6, 6.07) is 16.4. The van der Waals surface area contributed by atoms with Crippen molar-refractivity contribution in [3.05, 3.63) is 66.0 Å². The Kier molecular flexibility index (Phi) is 9.33. The van der Waals surface area contributed by atoms with Gasteiger partial charge in [0.2, 0.25) is 0 Å². The molecule has 4 rings (SSSR count). The van der Waals surface area contributed by atoms with Crippen LogP contribution in [0.3, 0.4) is 0 Å². The number of amides is 1. The highest BCUT2D eigenvalue weighted by Crippen LogP contribution is 2.37. The summed E-state index contributed by atoms with van der Waals surface area (Å²) in [5, 5.41) is 0. The molecule has 1 amide bonds. The van der Waals surface area contributed by atoms with E-state index in [0.717, 1.165) is 38.6 Å². The number of carbonyl (C=O) groups is 2. The zero-order valence-corrected chi connectivity index (χ0v) is 22.0. The van der Waals surface area contributed by atoms with E-state index in [1.165, 1.54) is 30.1 Å². The maximum atomic E-state index is 15.2. The first-order chi connectivity index (χ1) is 17.9. The molecule has 2 aromatic rings. The summed E-state index contributed by atoms with van der Waals surface area (Å²) in [5.74, 6) is -1.47. The fraction of sp³-hybridized carbons (Fsp3) is 0.533. The second-order valence-corrected chi connectivity index (χ2v) is 10.3. The van der Waals surface area contributed by atoms with Gasteiger partial charge in [-0.2, -0.15) is 0 Å². The topological polar surface area (TPSA) is 59.1 Å². The van der Waals surface area contributed by atoms with Crippen LogP contribution < -0.4 is 4.90 Å². The van der Waals surface area contributed by atoms with Crippen LogP contribution in [0.25, 0.3) is 0 Å². The second kappa shape index (κ2) is 12.7. The molecule has 0 aromatic heterocycles. The quantitative estimate of drug-likeness (QED) is 0.437. The van der Waals surface area contributed by atoms with E-state index in [1.54, 1.807) is 25.1 Å². The third-order valence-electron chi connectivity index (χ3n) is 7.85. The van der Waals surface area contributed by atoms with Crippen molar-refractivity contribution in [3.8, 4) is 0 Å². The molecule has 0 N–H and O–H groups in total. The van der Waals surface area contributed by atoms with Gasteiger partial charge < -0.3 is 14.4 Å². The first-order valence-electron chi connectivity index (χ1n) is 13.5. The van der Waals surface area contributed by atoms with E-state index in [2.05, 4.69) is 17.0 Å². The van der Waals surface area contributed by atoms with Crippen molar-refractivity contribution < 1.29 is 23.5 Å². The Morgan fingerprint density at radius 1 is 1.03 bits per heavy atom. The van der Waals surface area contributed by atoms with Crippen LogP contribution in [-0.2, 0) is 25.5 Å². The van der Waals surface area contributed by atoms with Gasteiger partial charge in [-0.1, -0.05) is 61.7 Å². The number of rotatable bonds is 9. The Balaban J connectivity index is 1.58. The minimum Gasteiger partial charge on any atom is -0.467 e. The van der Waals surface area contributed by atoms with Crippen LogP contribution >= 0.6 is 0 Å². The van der Waals surface area contributed by atoms with Gasteiger partial charge in [-0.25, -0.2) is 9.18 Å². The molecule has 200 valence electrons. The molecule has 1 aliphatic heterocycles. The number of hydrogen-bond donors (Lipinski definition) is 0. The van der Waals surface area contributed by atoms with E-state index in [1.807, 2.05) is 18.2 Å². The van der Waals surface area contributed by atoms with Crippen molar-refractivity contribution >= 4 is 17.6 Å². The number of piperidine rings is 1. The molecule has 0 spiro atoms. The predicted octanol–water partition coefficient (Wildman–Crippen LogP) is 5.15. The zero-order valence-electron chi connectivity index (χ0n) is 22.0. The molecule has 1 unspecified atom stereocenters. The van der Waals surface area contributed by atoms with Gasteiger partial charge in [0.25, 0.3) is 5.91 Å². The molecule has 2 aromatic carbocycles. The Morgan fingerprint density at radius 3 is 2.32 bits per heavy atom. The fourth-order valence-electron chi connectivity index (χ4n) is 5.71. The molecule has 2 aliphatic rings. The van der Waals surface area contributed by atoms with Crippen LogP contribution in [0.15, 0.2) is 54.6 Å². The number of methoxy groups -OCH3 is 1. The van der Waals surface area contributed by atoms with E-state index in [-0.39, 0.29) is 11.8 Å². The number of hydrogen-bond acceptors (Lipinski definition) is 5. The van der Waals surface area contributed by atoms with Crippen molar-refractivity contribution in [2.75, 3.05) is 31.6 Å². The summed E-state index contributed by atoms with van der Waals surface area (Å²) < 4.78 is 26.6. The van der Waals surface area contributed by atoms with Gasteiger partial charge in [0.05, 0.1) is 18.9 Å². The molecule has 0 radical (unpaired) electrons. The highest BCUT2D eigenvalue weighted by atomic mass is 19.1. The molecule has 7 heteroatoms. The van der Waals surface area contributed by atoms with Crippen molar-refractivity contribution in [1.82, 2.24) is 4.90 Å². The minimum absolute atomic E-state index is 0.00378. The van der Waals surface area contributed by atoms with Crippen LogP contribution in [0.2, 0.25) is 0 Å². The molecule has 1 aliphatic carbocycles. The van der Waals surface area contributed by atoms with Gasteiger partial charge >= 0.3 is 5.97 Å². The highest BCUT2D eigenvalue weighted by Gasteiger charge is 2.51. The monoisotopic (exact) mass is 510 g/mol. The Morgan fingerprint density at radius 2 is 1.68 bits per heavy atom. The highest BCUT2D eigenvalue weighted by molar-refractivity contribution is 6.04. The summed E-state index contributed by atoms with van der Waals surface area (Å²) in [4.78, 5) is 31.1. The van der Waals surface area contributed by atoms with E-state index in [9.17, 15) is 9.59 Å². The third kappa shape index (κ3) is 6.39. The number of benzene rings is 2. The maximum absolute atomic E-state index is 15.2. The summed E-state index contributed by atoms with van der Waals surface area (Å²) in [7, 11) is 1.33. The van der Waals surface area contributed by atoms with E-state index < -0.39 is 29.3 Å². The molecular weight excluding hydrogens is 471 g/mol. The van der Waals surface area contributed by atoms with Crippen LogP contribution in [0.1, 0.15) is 57.4 Å². The zero-order chi connectivity index (χ0) is 26.3. The molecule has 2 fully saturated rings. The van der Waals surface area contributed by atoms with Crippen molar-refractivity contribution in [2.24, 2.45) is 0 Å². The van der Waals surface area contributed by atoms with Crippen molar-refractivity contribution in [2.45, 2.75) is 76.0 Å². The first kappa shape index (κ1) is 27.3. The maximum Gasteiger partial charge on any atom is 0.332 e. The fourth-order valence-corrected chi connectivity index (χ4v) is 5.71. The summed E-state index contributed by atoms with van der Waals surface area (Å²) in [6.45, 7) is 3.75. The molecule has 1 saturated heterocycles. The number of para-hydroxylation sites is 1. The van der Waals surface area contributed by atoms with Crippen LogP contribution in [0.4, 0.5) is 10.1 Å². The number of carbonyl (C=O) groups excluding carboxylic acids is 2.